The van der Waals surface area contributed by atoms with Gasteiger partial charge >= 0.3 is 0 Å². The zero-order valence-corrected chi connectivity index (χ0v) is 12.7. The number of aromatic nitrogens is 3. The van der Waals surface area contributed by atoms with Crippen LogP contribution in [-0.4, -0.2) is 33.6 Å². The fraction of sp³-hybridized carbons (Fsp3) is 0.769. The summed E-state index contributed by atoms with van der Waals surface area (Å²) in [6.45, 7) is 12.2. The van der Waals surface area contributed by atoms with E-state index >= 15 is 0 Å². The standard InChI is InChI=1S/C13H26N6/c1-6-9-13(4,5)18-11-15-10(14)16-12(17-11)19(7-2)8-3/h6-9H2,1-5H3,(H3,14,15,16,17,18). The Morgan fingerprint density at radius 2 is 1.74 bits per heavy atom. The largest absolute Gasteiger partial charge is 0.368 e. The maximum Gasteiger partial charge on any atom is 0.231 e. The molecule has 0 fully saturated rings. The number of nitrogen functional groups attached to an aromatic ring is 1. The van der Waals surface area contributed by atoms with Gasteiger partial charge in [0.2, 0.25) is 17.8 Å². The number of anilines is 3. The molecular formula is C13H26N6. The lowest BCUT2D eigenvalue weighted by molar-refractivity contribution is 0.506. The van der Waals surface area contributed by atoms with Crippen LogP contribution < -0.4 is 16.0 Å². The molecule has 0 aliphatic heterocycles. The molecule has 0 unspecified atom stereocenters. The van der Waals surface area contributed by atoms with Crippen LogP contribution in [-0.2, 0) is 0 Å². The van der Waals surface area contributed by atoms with E-state index in [0.29, 0.717) is 11.9 Å². The number of nitrogens with one attached hydrogen (secondary N) is 1. The molecule has 1 heterocycles. The molecule has 0 radical (unpaired) electrons. The number of nitrogens with two attached hydrogens (primary N) is 1. The predicted octanol–water partition coefficient (Wildman–Crippen LogP) is 2.29. The third kappa shape index (κ3) is 4.54. The van der Waals surface area contributed by atoms with Gasteiger partial charge in [-0.1, -0.05) is 13.3 Å². The summed E-state index contributed by atoms with van der Waals surface area (Å²) >= 11 is 0. The normalized spacial score (nSPS) is 11.4. The molecule has 0 aliphatic rings. The molecule has 3 N–H and O–H groups in total. The first-order valence-electron chi connectivity index (χ1n) is 6.96. The maximum atomic E-state index is 5.77. The van der Waals surface area contributed by atoms with Gasteiger partial charge in [-0.15, -0.1) is 0 Å². The van der Waals surface area contributed by atoms with Gasteiger partial charge < -0.3 is 16.0 Å². The Kier molecular flexibility index (Phi) is 5.32. The highest BCUT2D eigenvalue weighted by Gasteiger charge is 2.19. The van der Waals surface area contributed by atoms with Gasteiger partial charge in [-0.3, -0.25) is 0 Å². The van der Waals surface area contributed by atoms with Crippen LogP contribution in [0.15, 0.2) is 0 Å². The molecule has 6 nitrogen and oxygen atoms in total. The lowest BCUT2D eigenvalue weighted by atomic mass is 9.99. The molecular weight excluding hydrogens is 240 g/mol. The summed E-state index contributed by atoms with van der Waals surface area (Å²) in [6.07, 6.45) is 2.14. The second kappa shape index (κ2) is 6.54. The highest BCUT2D eigenvalue weighted by atomic mass is 15.3. The van der Waals surface area contributed by atoms with E-state index in [0.717, 1.165) is 25.9 Å². The van der Waals surface area contributed by atoms with Crippen molar-refractivity contribution in [2.45, 2.75) is 53.0 Å². The van der Waals surface area contributed by atoms with Crippen molar-refractivity contribution in [1.82, 2.24) is 15.0 Å². The van der Waals surface area contributed by atoms with E-state index in [2.05, 4.69) is 59.8 Å². The van der Waals surface area contributed by atoms with Crippen LogP contribution in [0.4, 0.5) is 17.8 Å². The molecule has 0 spiro atoms. The van der Waals surface area contributed by atoms with Gasteiger partial charge in [0, 0.05) is 18.6 Å². The molecule has 1 rings (SSSR count). The monoisotopic (exact) mass is 266 g/mol. The number of rotatable bonds is 7. The number of hydrogen-bond acceptors (Lipinski definition) is 6. The Morgan fingerprint density at radius 1 is 1.11 bits per heavy atom. The molecule has 1 aromatic heterocycles. The van der Waals surface area contributed by atoms with Gasteiger partial charge in [-0.25, -0.2) is 0 Å². The molecule has 0 saturated heterocycles. The first-order valence-corrected chi connectivity index (χ1v) is 6.96. The summed E-state index contributed by atoms with van der Waals surface area (Å²) in [4.78, 5) is 14.9. The molecule has 0 bridgehead atoms. The maximum absolute atomic E-state index is 5.77. The van der Waals surface area contributed by atoms with Gasteiger partial charge in [0.1, 0.15) is 0 Å². The van der Waals surface area contributed by atoms with Crippen molar-refractivity contribution in [2.75, 3.05) is 29.0 Å². The van der Waals surface area contributed by atoms with Crippen molar-refractivity contribution in [2.24, 2.45) is 0 Å². The van der Waals surface area contributed by atoms with E-state index < -0.39 is 0 Å². The molecule has 1 aromatic rings. The van der Waals surface area contributed by atoms with Crippen LogP contribution in [0.3, 0.4) is 0 Å². The molecule has 0 atom stereocenters. The van der Waals surface area contributed by atoms with Crippen LogP contribution in [0.25, 0.3) is 0 Å². The molecule has 0 amide bonds. The van der Waals surface area contributed by atoms with Crippen molar-refractivity contribution in [3.8, 4) is 0 Å². The van der Waals surface area contributed by atoms with Gasteiger partial charge in [0.15, 0.2) is 0 Å². The fourth-order valence-corrected chi connectivity index (χ4v) is 2.07. The minimum Gasteiger partial charge on any atom is -0.368 e. The summed E-state index contributed by atoms with van der Waals surface area (Å²) < 4.78 is 0. The zero-order chi connectivity index (χ0) is 14.5. The van der Waals surface area contributed by atoms with Crippen molar-refractivity contribution in [3.63, 3.8) is 0 Å². The van der Waals surface area contributed by atoms with E-state index in [9.17, 15) is 0 Å². The molecule has 6 heteroatoms. The lowest BCUT2D eigenvalue weighted by Crippen LogP contribution is -2.32. The summed E-state index contributed by atoms with van der Waals surface area (Å²) in [6, 6.07) is 0. The van der Waals surface area contributed by atoms with Crippen molar-refractivity contribution < 1.29 is 0 Å². The average molecular weight is 266 g/mol. The zero-order valence-electron chi connectivity index (χ0n) is 12.7. The van der Waals surface area contributed by atoms with Gasteiger partial charge in [-0.05, 0) is 34.1 Å². The third-order valence-electron chi connectivity index (χ3n) is 3.01. The fourth-order valence-electron chi connectivity index (χ4n) is 2.07. The van der Waals surface area contributed by atoms with E-state index in [1.165, 1.54) is 0 Å². The second-order valence-electron chi connectivity index (χ2n) is 5.25. The van der Waals surface area contributed by atoms with E-state index in [1.54, 1.807) is 0 Å². The minimum absolute atomic E-state index is 0.0525. The van der Waals surface area contributed by atoms with Crippen LogP contribution in [0.1, 0.15) is 47.5 Å². The highest BCUT2D eigenvalue weighted by molar-refractivity contribution is 5.42. The van der Waals surface area contributed by atoms with E-state index in [4.69, 9.17) is 5.73 Å². The van der Waals surface area contributed by atoms with E-state index in [-0.39, 0.29) is 11.5 Å². The Labute approximate surface area is 115 Å². The summed E-state index contributed by atoms with van der Waals surface area (Å²) in [5.41, 5.74) is 5.72. The third-order valence-corrected chi connectivity index (χ3v) is 3.01. The quantitative estimate of drug-likeness (QED) is 0.788. The predicted molar refractivity (Wildman–Crippen MR) is 80.4 cm³/mol. The summed E-state index contributed by atoms with van der Waals surface area (Å²) in [5, 5.41) is 3.33. The molecule has 0 saturated carbocycles. The van der Waals surface area contributed by atoms with Crippen molar-refractivity contribution in [1.29, 1.82) is 0 Å². The summed E-state index contributed by atoms with van der Waals surface area (Å²) in [7, 11) is 0. The average Bonchev–Trinajstić information content (AvgIpc) is 2.28. The van der Waals surface area contributed by atoms with Crippen LogP contribution in [0, 0.1) is 0 Å². The first-order chi connectivity index (χ1) is 8.91. The number of hydrogen-bond donors (Lipinski definition) is 2. The highest BCUT2D eigenvalue weighted by Crippen LogP contribution is 2.19. The second-order valence-corrected chi connectivity index (χ2v) is 5.25. The van der Waals surface area contributed by atoms with Gasteiger partial charge in [0.25, 0.3) is 0 Å². The Morgan fingerprint density at radius 3 is 2.26 bits per heavy atom. The Balaban J connectivity index is 2.96. The number of nitrogens with zero attached hydrogens (tertiary/aromatic N) is 4. The van der Waals surface area contributed by atoms with Crippen LogP contribution in [0.2, 0.25) is 0 Å². The Hall–Kier alpha value is -1.59. The molecule has 0 aliphatic carbocycles. The Bertz CT molecular complexity index is 400. The summed E-state index contributed by atoms with van der Waals surface area (Å²) in [5.74, 6) is 1.44. The smallest absolute Gasteiger partial charge is 0.231 e. The van der Waals surface area contributed by atoms with Gasteiger partial charge in [0.05, 0.1) is 0 Å². The molecule has 0 aromatic carbocycles. The lowest BCUT2D eigenvalue weighted by Gasteiger charge is -2.26. The van der Waals surface area contributed by atoms with E-state index in [1.807, 2.05) is 0 Å². The minimum atomic E-state index is -0.0525. The molecule has 108 valence electrons. The van der Waals surface area contributed by atoms with Gasteiger partial charge in [-0.2, -0.15) is 15.0 Å². The topological polar surface area (TPSA) is 80.0 Å². The van der Waals surface area contributed by atoms with Crippen molar-refractivity contribution >= 4 is 17.8 Å². The first kappa shape index (κ1) is 15.5. The SMILES string of the molecule is CCCC(C)(C)Nc1nc(N)nc(N(CC)CC)n1. The van der Waals surface area contributed by atoms with Crippen molar-refractivity contribution in [3.05, 3.63) is 0 Å². The van der Waals surface area contributed by atoms with Crippen LogP contribution in [0.5, 0.6) is 0 Å². The van der Waals surface area contributed by atoms with Crippen LogP contribution >= 0.6 is 0 Å². The molecule has 19 heavy (non-hydrogen) atoms.